The quantitative estimate of drug-likeness (QED) is 0.0437. The van der Waals surface area contributed by atoms with Gasteiger partial charge in [0.1, 0.15) is 23.1 Å². The molecule has 380 valence electrons. The minimum Gasteiger partial charge on any atom is -0.457 e. The highest BCUT2D eigenvalue weighted by molar-refractivity contribution is 5.45. The second kappa shape index (κ2) is 32.4. The number of ether oxygens (including phenoxy) is 1. The first kappa shape index (κ1) is 54.7. The summed E-state index contributed by atoms with van der Waals surface area (Å²) in [7, 11) is 0. The summed E-state index contributed by atoms with van der Waals surface area (Å²) in [6.45, 7) is 9.20. The van der Waals surface area contributed by atoms with E-state index in [0.29, 0.717) is 23.7 Å². The van der Waals surface area contributed by atoms with E-state index in [1.807, 2.05) is 0 Å². The van der Waals surface area contributed by atoms with Crippen molar-refractivity contribution >= 4 is 0 Å². The molecule has 5 heteroatoms. The molecule has 0 aliphatic heterocycles. The molecule has 69 heavy (non-hydrogen) atoms. The van der Waals surface area contributed by atoms with Gasteiger partial charge in [0.25, 0.3) is 0 Å². The number of rotatable bonds is 34. The van der Waals surface area contributed by atoms with Gasteiger partial charge in [0, 0.05) is 36.6 Å². The van der Waals surface area contributed by atoms with E-state index in [0.717, 1.165) is 61.7 Å². The highest BCUT2D eigenvalue weighted by Crippen LogP contribution is 2.41. The van der Waals surface area contributed by atoms with Gasteiger partial charge < -0.3 is 4.74 Å². The van der Waals surface area contributed by atoms with E-state index in [2.05, 4.69) is 88.9 Å². The smallest absolute Gasteiger partial charge is 0.131 e. The van der Waals surface area contributed by atoms with Crippen molar-refractivity contribution < 1.29 is 4.74 Å². The Balaban J connectivity index is 1.04. The third-order valence-electron chi connectivity index (χ3n) is 16.1. The minimum absolute atomic E-state index is 0.477. The number of aryl methyl sites for hydroxylation is 4. The summed E-state index contributed by atoms with van der Waals surface area (Å²) in [4.78, 5) is 19.8. The molecule has 5 nitrogen and oxygen atoms in total. The zero-order valence-electron chi connectivity index (χ0n) is 44.7. The molecule has 2 aromatic carbocycles. The summed E-state index contributed by atoms with van der Waals surface area (Å²) in [6, 6.07) is 14.4. The van der Waals surface area contributed by atoms with E-state index in [4.69, 9.17) is 24.7 Å². The molecule has 0 saturated heterocycles. The molecule has 2 fully saturated rings. The topological polar surface area (TPSA) is 60.8 Å². The average Bonchev–Trinajstić information content (AvgIpc) is 3.38. The number of hydrogen-bond acceptors (Lipinski definition) is 5. The average molecular weight is 940 g/mol. The molecule has 0 N–H and O–H groups in total. The van der Waals surface area contributed by atoms with Crippen molar-refractivity contribution in [3.63, 3.8) is 0 Å². The van der Waals surface area contributed by atoms with E-state index < -0.39 is 0 Å². The number of unbranched alkanes of at least 4 members (excludes halogenated alkanes) is 18. The Morgan fingerprint density at radius 1 is 0.362 bits per heavy atom. The van der Waals surface area contributed by atoms with Crippen molar-refractivity contribution in [1.82, 2.24) is 19.9 Å². The fourth-order valence-electron chi connectivity index (χ4n) is 11.6. The zero-order chi connectivity index (χ0) is 48.1. The maximum atomic E-state index is 7.17. The zero-order valence-corrected chi connectivity index (χ0v) is 44.7. The molecular weight excluding hydrogens is 841 g/mol. The molecule has 2 aromatic heterocycles. The highest BCUT2D eigenvalue weighted by Gasteiger charge is 2.27. The van der Waals surface area contributed by atoms with Crippen LogP contribution in [0, 0.1) is 11.8 Å². The van der Waals surface area contributed by atoms with Crippen molar-refractivity contribution in [2.45, 2.75) is 271 Å². The van der Waals surface area contributed by atoms with Crippen LogP contribution in [-0.4, -0.2) is 19.9 Å². The summed E-state index contributed by atoms with van der Waals surface area (Å²) >= 11 is 0. The van der Waals surface area contributed by atoms with Gasteiger partial charge in [0.2, 0.25) is 0 Å². The molecule has 0 radical (unpaired) electrons. The number of nitrogens with zero attached hydrogens (tertiary/aromatic N) is 4. The Morgan fingerprint density at radius 3 is 1.03 bits per heavy atom. The van der Waals surface area contributed by atoms with Crippen molar-refractivity contribution in [1.29, 1.82) is 0 Å². The third kappa shape index (κ3) is 19.8. The SMILES string of the molecule is CCCCCCCCCCc1cnc(C2CCC(Cc3cc(CCCCC)ccc3Oc3ccc(CCCCC)cc3CC3CCC(c4ncc(CCCCCCCCCC)cn4)CC3)CC2)nc1. The lowest BCUT2D eigenvalue weighted by atomic mass is 9.78. The van der Waals surface area contributed by atoms with Crippen LogP contribution < -0.4 is 4.74 Å². The number of benzene rings is 2. The lowest BCUT2D eigenvalue weighted by Gasteiger charge is -2.29. The maximum Gasteiger partial charge on any atom is 0.131 e. The molecule has 2 aliphatic rings. The standard InChI is InChI=1S/C64H98N4O/c1-5-9-13-15-17-19-21-25-29-55-47-65-63(66-48-55)57-37-31-53(32-38-57)45-59-43-51(27-23-11-7-3)35-41-61(59)69-62-42-36-52(28-24-12-8-4)44-60(62)46-54-33-39-58(40-34-54)64-67-49-56(50-68-64)30-26-22-20-18-16-14-10-6-2/h35-36,41-44,47-50,53-54,57-58H,5-34,37-40,45-46H2,1-4H3. The van der Waals surface area contributed by atoms with E-state index in [1.54, 1.807) is 0 Å². The predicted molar refractivity (Wildman–Crippen MR) is 293 cm³/mol. The van der Waals surface area contributed by atoms with Gasteiger partial charge in [-0.2, -0.15) is 0 Å². The minimum atomic E-state index is 0.477. The fraction of sp³-hybridized carbons (Fsp3) is 0.688. The van der Waals surface area contributed by atoms with Crippen molar-refractivity contribution in [2.75, 3.05) is 0 Å². The number of aromatic nitrogens is 4. The maximum absolute atomic E-state index is 7.17. The fourth-order valence-corrected chi connectivity index (χ4v) is 11.6. The largest absolute Gasteiger partial charge is 0.457 e. The van der Waals surface area contributed by atoms with Crippen molar-refractivity contribution in [3.05, 3.63) is 106 Å². The third-order valence-corrected chi connectivity index (χ3v) is 16.1. The Bertz CT molecular complexity index is 1800. The van der Waals surface area contributed by atoms with Crippen LogP contribution in [-0.2, 0) is 38.5 Å². The molecular formula is C64H98N4O. The lowest BCUT2D eigenvalue weighted by molar-refractivity contribution is 0.312. The van der Waals surface area contributed by atoms with Crippen LogP contribution in [0.1, 0.15) is 277 Å². The summed E-state index contributed by atoms with van der Waals surface area (Å²) < 4.78 is 7.17. The van der Waals surface area contributed by atoms with Gasteiger partial charge in [0.15, 0.2) is 0 Å². The van der Waals surface area contributed by atoms with Gasteiger partial charge in [-0.1, -0.05) is 168 Å². The van der Waals surface area contributed by atoms with E-state index in [-0.39, 0.29) is 0 Å². The first-order chi connectivity index (χ1) is 34.0. The summed E-state index contributed by atoms with van der Waals surface area (Å²) in [6.07, 6.45) is 54.1. The predicted octanol–water partition coefficient (Wildman–Crippen LogP) is 18.9. The van der Waals surface area contributed by atoms with Crippen LogP contribution in [0.25, 0.3) is 0 Å². The summed E-state index contributed by atoms with van der Waals surface area (Å²) in [5.41, 5.74) is 8.34. The summed E-state index contributed by atoms with van der Waals surface area (Å²) in [5, 5.41) is 0. The second-order valence-corrected chi connectivity index (χ2v) is 22.1. The van der Waals surface area contributed by atoms with E-state index in [1.165, 1.54) is 226 Å². The monoisotopic (exact) mass is 939 g/mol. The normalized spacial score (nSPS) is 18.4. The Labute approximate surface area is 423 Å². The van der Waals surface area contributed by atoms with Crippen LogP contribution >= 0.6 is 0 Å². The van der Waals surface area contributed by atoms with Gasteiger partial charge in [-0.25, -0.2) is 19.9 Å². The Kier molecular flexibility index (Phi) is 25.7. The van der Waals surface area contributed by atoms with Crippen LogP contribution in [0.2, 0.25) is 0 Å². The van der Waals surface area contributed by atoms with Crippen LogP contribution in [0.5, 0.6) is 11.5 Å². The molecule has 0 spiro atoms. The molecule has 2 heterocycles. The molecule has 2 aliphatic carbocycles. The van der Waals surface area contributed by atoms with Crippen LogP contribution in [0.15, 0.2) is 61.2 Å². The van der Waals surface area contributed by atoms with Crippen LogP contribution in [0.3, 0.4) is 0 Å². The molecule has 0 unspecified atom stereocenters. The first-order valence-electron chi connectivity index (χ1n) is 29.6. The van der Waals surface area contributed by atoms with Gasteiger partial charge in [-0.05, 0) is 173 Å². The molecule has 0 atom stereocenters. The van der Waals surface area contributed by atoms with Crippen molar-refractivity contribution in [3.8, 4) is 11.5 Å². The summed E-state index contributed by atoms with van der Waals surface area (Å²) in [5.74, 6) is 6.54. The van der Waals surface area contributed by atoms with E-state index >= 15 is 0 Å². The Hall–Kier alpha value is -3.60. The Morgan fingerprint density at radius 2 is 0.667 bits per heavy atom. The molecule has 0 bridgehead atoms. The van der Waals surface area contributed by atoms with Gasteiger partial charge >= 0.3 is 0 Å². The lowest BCUT2D eigenvalue weighted by Crippen LogP contribution is -2.18. The van der Waals surface area contributed by atoms with Gasteiger partial charge in [-0.15, -0.1) is 0 Å². The first-order valence-corrected chi connectivity index (χ1v) is 29.6. The molecule has 0 amide bonds. The van der Waals surface area contributed by atoms with Crippen molar-refractivity contribution in [2.24, 2.45) is 11.8 Å². The highest BCUT2D eigenvalue weighted by atomic mass is 16.5. The van der Waals surface area contributed by atoms with Gasteiger partial charge in [0.05, 0.1) is 0 Å². The van der Waals surface area contributed by atoms with Crippen LogP contribution in [0.4, 0.5) is 0 Å². The van der Waals surface area contributed by atoms with Gasteiger partial charge in [-0.3, -0.25) is 0 Å². The molecule has 6 rings (SSSR count). The number of hydrogen-bond donors (Lipinski definition) is 0. The van der Waals surface area contributed by atoms with E-state index in [9.17, 15) is 0 Å². The molecule has 2 saturated carbocycles. The molecule has 4 aromatic rings. The second-order valence-electron chi connectivity index (χ2n) is 22.1.